The molecule has 1 aromatic carbocycles. The monoisotopic (exact) mass is 262 g/mol. The highest BCUT2D eigenvalue weighted by Gasteiger charge is 2.04. The predicted molar refractivity (Wildman–Crippen MR) is 65.6 cm³/mol. The molecular weight excluding hydrogens is 248 g/mol. The summed E-state index contributed by atoms with van der Waals surface area (Å²) in [5.41, 5.74) is 1.17. The number of hydrogen-bond donors (Lipinski definition) is 0. The Bertz CT molecular complexity index is 411. The molecule has 0 aliphatic rings. The summed E-state index contributed by atoms with van der Waals surface area (Å²) in [5, 5.41) is 0. The van der Waals surface area contributed by atoms with Crippen LogP contribution < -0.4 is 4.74 Å². The van der Waals surface area contributed by atoms with Gasteiger partial charge in [-0.2, -0.15) is 0 Å². The summed E-state index contributed by atoms with van der Waals surface area (Å²) < 4.78 is 26.4. The number of methoxy groups -OCH3 is 1. The number of benzene rings is 1. The summed E-state index contributed by atoms with van der Waals surface area (Å²) >= 11 is 0. The Morgan fingerprint density at radius 1 is 1.19 bits per heavy atom. The van der Waals surface area contributed by atoms with Crippen molar-refractivity contribution in [2.24, 2.45) is 0 Å². The van der Waals surface area contributed by atoms with Gasteiger partial charge in [0.05, 0.1) is 12.9 Å². The molecule has 5 heteroatoms. The Balaban J connectivity index is 2.32. The maximum absolute atomic E-state index is 10.7. The minimum atomic E-state index is -3.34. The molecule has 0 aliphatic carbocycles. The van der Waals surface area contributed by atoms with Gasteiger partial charge in [-0.25, -0.2) is 8.42 Å². The molecule has 0 fully saturated rings. The van der Waals surface area contributed by atoms with Crippen LogP contribution in [-0.2, 0) is 15.5 Å². The van der Waals surface area contributed by atoms with Crippen molar-refractivity contribution in [1.82, 2.24) is 0 Å². The molecule has 1 rings (SSSR count). The lowest BCUT2D eigenvalue weighted by molar-refractivity contribution is 0.414. The smallest absolute Gasteiger partial charge is 0.232 e. The van der Waals surface area contributed by atoms with Crippen LogP contribution in [0.15, 0.2) is 24.3 Å². The Labute approximate surface area is 101 Å². The molecule has 0 saturated carbocycles. The number of ether oxygens (including phenoxy) is 1. The molecule has 0 unspecified atom stereocenters. The quantitative estimate of drug-likeness (QED) is 0.585. The first-order valence-electron chi connectivity index (χ1n) is 5.06. The molecule has 0 aliphatic heterocycles. The summed E-state index contributed by atoms with van der Waals surface area (Å²) in [4.78, 5) is 0. The van der Waals surface area contributed by atoms with E-state index in [1.807, 2.05) is 24.3 Å². The van der Waals surface area contributed by atoms with Crippen molar-refractivity contribution in [2.75, 3.05) is 12.9 Å². The zero-order valence-electron chi connectivity index (χ0n) is 9.15. The minimum Gasteiger partial charge on any atom is -0.497 e. The van der Waals surface area contributed by atoms with Crippen LogP contribution in [0.5, 0.6) is 5.75 Å². The van der Waals surface area contributed by atoms with Crippen LogP contribution in [0.2, 0.25) is 0 Å². The SMILES string of the molecule is COc1ccc(CCCCS(=O)(=O)Cl)cc1. The lowest BCUT2D eigenvalue weighted by Crippen LogP contribution is -1.97. The van der Waals surface area contributed by atoms with Gasteiger partial charge in [-0.1, -0.05) is 12.1 Å². The van der Waals surface area contributed by atoms with E-state index < -0.39 is 9.05 Å². The third-order valence-electron chi connectivity index (χ3n) is 2.26. The van der Waals surface area contributed by atoms with Gasteiger partial charge in [-0.3, -0.25) is 0 Å². The highest BCUT2D eigenvalue weighted by molar-refractivity contribution is 8.13. The molecule has 0 spiro atoms. The van der Waals surface area contributed by atoms with Gasteiger partial charge in [0, 0.05) is 10.7 Å². The molecular formula is C11H15ClO3S. The normalized spacial score (nSPS) is 11.4. The van der Waals surface area contributed by atoms with Crippen molar-refractivity contribution < 1.29 is 13.2 Å². The van der Waals surface area contributed by atoms with Crippen molar-refractivity contribution in [3.8, 4) is 5.75 Å². The van der Waals surface area contributed by atoms with Gasteiger partial charge in [-0.05, 0) is 37.0 Å². The molecule has 0 N–H and O–H groups in total. The first kappa shape index (κ1) is 13.3. The van der Waals surface area contributed by atoms with Gasteiger partial charge in [-0.15, -0.1) is 0 Å². The Hall–Kier alpha value is -0.740. The van der Waals surface area contributed by atoms with E-state index in [0.29, 0.717) is 6.42 Å². The van der Waals surface area contributed by atoms with Crippen LogP contribution in [0.3, 0.4) is 0 Å². The fraction of sp³-hybridized carbons (Fsp3) is 0.455. The molecule has 0 bridgehead atoms. The van der Waals surface area contributed by atoms with E-state index in [1.165, 1.54) is 5.56 Å². The van der Waals surface area contributed by atoms with E-state index in [1.54, 1.807) is 7.11 Å². The van der Waals surface area contributed by atoms with Gasteiger partial charge >= 0.3 is 0 Å². The van der Waals surface area contributed by atoms with Gasteiger partial charge in [0.25, 0.3) is 0 Å². The highest BCUT2D eigenvalue weighted by Crippen LogP contribution is 2.13. The second-order valence-corrected chi connectivity index (χ2v) is 6.44. The number of hydrogen-bond acceptors (Lipinski definition) is 3. The molecule has 0 radical (unpaired) electrons. The van der Waals surface area contributed by atoms with E-state index >= 15 is 0 Å². The van der Waals surface area contributed by atoms with Crippen LogP contribution in [-0.4, -0.2) is 21.3 Å². The van der Waals surface area contributed by atoms with Crippen molar-refractivity contribution >= 4 is 19.7 Å². The van der Waals surface area contributed by atoms with Crippen LogP contribution in [0.4, 0.5) is 0 Å². The lowest BCUT2D eigenvalue weighted by atomic mass is 10.1. The molecule has 0 heterocycles. The van der Waals surface area contributed by atoms with E-state index in [-0.39, 0.29) is 5.75 Å². The van der Waals surface area contributed by atoms with Crippen molar-refractivity contribution in [2.45, 2.75) is 19.3 Å². The van der Waals surface area contributed by atoms with Crippen LogP contribution in [0, 0.1) is 0 Å². The number of halogens is 1. The molecule has 0 aromatic heterocycles. The molecule has 1 aromatic rings. The zero-order chi connectivity index (χ0) is 12.0. The standard InChI is InChI=1S/C11H15ClO3S/c1-15-11-7-5-10(6-8-11)4-2-3-9-16(12,13)14/h5-8H,2-4,9H2,1H3. The summed E-state index contributed by atoms with van der Waals surface area (Å²) in [6.07, 6.45) is 2.27. The topological polar surface area (TPSA) is 43.4 Å². The van der Waals surface area contributed by atoms with E-state index in [2.05, 4.69) is 0 Å². The summed E-state index contributed by atoms with van der Waals surface area (Å²) in [5.74, 6) is 0.872. The molecule has 16 heavy (non-hydrogen) atoms. The van der Waals surface area contributed by atoms with Crippen LogP contribution >= 0.6 is 10.7 Å². The number of rotatable bonds is 6. The fourth-order valence-electron chi connectivity index (χ4n) is 1.40. The maximum atomic E-state index is 10.7. The van der Waals surface area contributed by atoms with Crippen molar-refractivity contribution in [1.29, 1.82) is 0 Å². The zero-order valence-corrected chi connectivity index (χ0v) is 10.7. The van der Waals surface area contributed by atoms with Gasteiger partial charge in [0.15, 0.2) is 0 Å². The van der Waals surface area contributed by atoms with Crippen molar-refractivity contribution in [3.63, 3.8) is 0 Å². The second-order valence-electron chi connectivity index (χ2n) is 3.55. The Morgan fingerprint density at radius 3 is 2.31 bits per heavy atom. The van der Waals surface area contributed by atoms with E-state index in [0.717, 1.165) is 18.6 Å². The molecule has 0 atom stereocenters. The average Bonchev–Trinajstić information content (AvgIpc) is 2.24. The molecule has 3 nitrogen and oxygen atoms in total. The predicted octanol–water partition coefficient (Wildman–Crippen LogP) is 2.59. The van der Waals surface area contributed by atoms with Crippen LogP contribution in [0.1, 0.15) is 18.4 Å². The minimum absolute atomic E-state index is 0.0463. The third-order valence-corrected chi connectivity index (χ3v) is 3.50. The summed E-state index contributed by atoms with van der Waals surface area (Å²) in [7, 11) is 3.40. The highest BCUT2D eigenvalue weighted by atomic mass is 35.7. The second kappa shape index (κ2) is 6.11. The van der Waals surface area contributed by atoms with Gasteiger partial charge < -0.3 is 4.74 Å². The molecule has 90 valence electrons. The Morgan fingerprint density at radius 2 is 1.81 bits per heavy atom. The first-order valence-corrected chi connectivity index (χ1v) is 7.54. The number of unbranched alkanes of at least 4 members (excludes halogenated alkanes) is 1. The van der Waals surface area contributed by atoms with Gasteiger partial charge in [0.2, 0.25) is 9.05 Å². The summed E-state index contributed by atoms with van der Waals surface area (Å²) in [6.45, 7) is 0. The lowest BCUT2D eigenvalue weighted by Gasteiger charge is -2.03. The maximum Gasteiger partial charge on any atom is 0.232 e. The first-order chi connectivity index (χ1) is 7.51. The average molecular weight is 263 g/mol. The van der Waals surface area contributed by atoms with Gasteiger partial charge in [0.1, 0.15) is 5.75 Å². The van der Waals surface area contributed by atoms with E-state index in [4.69, 9.17) is 15.4 Å². The number of aryl methyl sites for hydroxylation is 1. The largest absolute Gasteiger partial charge is 0.497 e. The Kier molecular flexibility index (Phi) is 5.09. The van der Waals surface area contributed by atoms with Crippen molar-refractivity contribution in [3.05, 3.63) is 29.8 Å². The summed E-state index contributed by atoms with van der Waals surface area (Å²) in [6, 6.07) is 7.75. The fourth-order valence-corrected chi connectivity index (χ4v) is 2.27. The molecule has 0 amide bonds. The van der Waals surface area contributed by atoms with E-state index in [9.17, 15) is 8.42 Å². The molecule has 0 saturated heterocycles. The third kappa shape index (κ3) is 5.37. The van der Waals surface area contributed by atoms with Crippen LogP contribution in [0.25, 0.3) is 0 Å².